The molecule has 1 aromatic carbocycles. The summed E-state index contributed by atoms with van der Waals surface area (Å²) in [5.74, 6) is -4.73. The largest absolute Gasteiger partial charge is 0.419 e. The number of carbonyl (C=O) groups excluding carboxylic acids is 2. The first-order valence-corrected chi connectivity index (χ1v) is 5.84. The van der Waals surface area contributed by atoms with Crippen LogP contribution in [0.2, 0.25) is 0 Å². The molecule has 0 saturated carbocycles. The fraction of sp³-hybridized carbons (Fsp3) is 0.286. The van der Waals surface area contributed by atoms with E-state index < -0.39 is 34.9 Å². The Morgan fingerprint density at radius 1 is 1.10 bits per heavy atom. The number of esters is 2. The first kappa shape index (κ1) is 14.2. The molecule has 1 aromatic rings. The molecule has 0 bridgehead atoms. The Kier molecular flexibility index (Phi) is 3.33. The maximum Gasteiger partial charge on any atom is 0.348 e. The van der Waals surface area contributed by atoms with Crippen LogP contribution < -0.4 is 0 Å². The van der Waals surface area contributed by atoms with Crippen molar-refractivity contribution in [3.8, 4) is 0 Å². The van der Waals surface area contributed by atoms with E-state index in [4.69, 9.17) is 9.47 Å². The van der Waals surface area contributed by atoms with Crippen molar-refractivity contribution in [2.45, 2.75) is 26.6 Å². The summed E-state index contributed by atoms with van der Waals surface area (Å²) < 4.78 is 36.7. The van der Waals surface area contributed by atoms with Gasteiger partial charge >= 0.3 is 11.9 Å². The molecule has 0 atom stereocenters. The van der Waals surface area contributed by atoms with Gasteiger partial charge in [-0.25, -0.2) is 18.4 Å². The zero-order valence-corrected chi connectivity index (χ0v) is 11.1. The average Bonchev–Trinajstić information content (AvgIpc) is 2.32. The Morgan fingerprint density at radius 3 is 2.20 bits per heavy atom. The molecule has 4 nitrogen and oxygen atoms in total. The number of ether oxygens (including phenoxy) is 2. The van der Waals surface area contributed by atoms with Crippen molar-refractivity contribution in [2.24, 2.45) is 0 Å². The minimum atomic E-state index is -1.36. The quantitative estimate of drug-likeness (QED) is 0.451. The topological polar surface area (TPSA) is 52.6 Å². The van der Waals surface area contributed by atoms with Crippen molar-refractivity contribution in [3.05, 3.63) is 40.5 Å². The Balaban J connectivity index is 2.44. The molecule has 6 heteroatoms. The van der Waals surface area contributed by atoms with Crippen molar-refractivity contribution in [1.82, 2.24) is 0 Å². The van der Waals surface area contributed by atoms with Crippen LogP contribution in [0.3, 0.4) is 0 Å². The second kappa shape index (κ2) is 4.70. The first-order valence-electron chi connectivity index (χ1n) is 5.84. The smallest absolute Gasteiger partial charge is 0.348 e. The molecule has 1 heterocycles. The number of cyclic esters (lactones) is 2. The fourth-order valence-electron chi connectivity index (χ4n) is 1.73. The van der Waals surface area contributed by atoms with E-state index in [1.165, 1.54) is 20.8 Å². The molecule has 2 rings (SSSR count). The van der Waals surface area contributed by atoms with Crippen molar-refractivity contribution in [1.29, 1.82) is 0 Å². The summed E-state index contributed by atoms with van der Waals surface area (Å²) in [6.45, 7) is 4.07. The number of carbonyl (C=O) groups is 2. The van der Waals surface area contributed by atoms with E-state index in [0.717, 1.165) is 18.2 Å². The molecule has 20 heavy (non-hydrogen) atoms. The highest BCUT2D eigenvalue weighted by Gasteiger charge is 2.39. The molecule has 1 fully saturated rings. The minimum Gasteiger partial charge on any atom is -0.419 e. The zero-order chi connectivity index (χ0) is 15.1. The van der Waals surface area contributed by atoms with Gasteiger partial charge in [-0.1, -0.05) is 0 Å². The van der Waals surface area contributed by atoms with Crippen LogP contribution >= 0.6 is 0 Å². The number of rotatable bonds is 1. The van der Waals surface area contributed by atoms with Gasteiger partial charge in [0.1, 0.15) is 17.2 Å². The predicted octanol–water partition coefficient (Wildman–Crippen LogP) is 2.49. The Bertz CT molecular complexity index is 610. The Hall–Kier alpha value is -2.24. The molecule has 0 spiro atoms. The van der Waals surface area contributed by atoms with Crippen molar-refractivity contribution >= 4 is 18.0 Å². The fourth-order valence-corrected chi connectivity index (χ4v) is 1.73. The highest BCUT2D eigenvalue weighted by atomic mass is 19.1. The van der Waals surface area contributed by atoms with Crippen LogP contribution in [-0.2, 0) is 19.1 Å². The minimum absolute atomic E-state index is 0.0903. The van der Waals surface area contributed by atoms with Gasteiger partial charge in [-0.3, -0.25) is 0 Å². The Morgan fingerprint density at radius 2 is 1.65 bits per heavy atom. The van der Waals surface area contributed by atoms with Crippen molar-refractivity contribution in [2.75, 3.05) is 0 Å². The van der Waals surface area contributed by atoms with Crippen LogP contribution in [0.1, 0.15) is 25.0 Å². The van der Waals surface area contributed by atoms with Gasteiger partial charge in [-0.15, -0.1) is 0 Å². The summed E-state index contributed by atoms with van der Waals surface area (Å²) >= 11 is 0. The second-order valence-electron chi connectivity index (χ2n) is 4.81. The number of benzene rings is 1. The molecule has 0 radical (unpaired) electrons. The molecular formula is C14H12F2O4. The lowest BCUT2D eigenvalue weighted by Gasteiger charge is -2.29. The lowest BCUT2D eigenvalue weighted by molar-refractivity contribution is -0.222. The molecule has 0 N–H and O–H groups in total. The normalized spacial score (nSPS) is 17.6. The van der Waals surface area contributed by atoms with Gasteiger partial charge in [0.15, 0.2) is 0 Å². The molecule has 1 saturated heterocycles. The van der Waals surface area contributed by atoms with Gasteiger partial charge in [0, 0.05) is 25.0 Å². The standard InChI is InChI=1S/C14H12F2O4/c1-7-10(15)5-4-8(11(7)16)6-9-12(17)19-14(2,3)20-13(9)18/h4-6H,1-3H3. The van der Waals surface area contributed by atoms with E-state index >= 15 is 0 Å². The third-order valence-electron chi connectivity index (χ3n) is 2.77. The van der Waals surface area contributed by atoms with E-state index in [9.17, 15) is 18.4 Å². The van der Waals surface area contributed by atoms with Gasteiger partial charge in [-0.2, -0.15) is 0 Å². The van der Waals surface area contributed by atoms with Gasteiger partial charge < -0.3 is 9.47 Å². The molecule has 0 amide bonds. The molecule has 0 unspecified atom stereocenters. The number of hydrogen-bond donors (Lipinski definition) is 0. The van der Waals surface area contributed by atoms with Crippen LogP contribution in [0.5, 0.6) is 0 Å². The van der Waals surface area contributed by atoms with Crippen molar-refractivity contribution in [3.63, 3.8) is 0 Å². The monoisotopic (exact) mass is 282 g/mol. The predicted molar refractivity (Wildman–Crippen MR) is 65.3 cm³/mol. The zero-order valence-electron chi connectivity index (χ0n) is 11.1. The summed E-state index contributed by atoms with van der Waals surface area (Å²) in [5.41, 5.74) is -0.723. The van der Waals surface area contributed by atoms with E-state index in [2.05, 4.69) is 0 Å². The van der Waals surface area contributed by atoms with Gasteiger partial charge in [0.25, 0.3) is 5.79 Å². The average molecular weight is 282 g/mol. The summed E-state index contributed by atoms with van der Waals surface area (Å²) in [6, 6.07) is 2.18. The maximum absolute atomic E-state index is 13.8. The van der Waals surface area contributed by atoms with Crippen LogP contribution in [0.15, 0.2) is 17.7 Å². The second-order valence-corrected chi connectivity index (χ2v) is 4.81. The molecule has 106 valence electrons. The molecule has 1 aliphatic heterocycles. The summed E-state index contributed by atoms with van der Waals surface area (Å²) in [7, 11) is 0. The highest BCUT2D eigenvalue weighted by molar-refractivity contribution is 6.18. The van der Waals surface area contributed by atoms with Gasteiger partial charge in [0.05, 0.1) is 0 Å². The molecule has 0 aliphatic carbocycles. The van der Waals surface area contributed by atoms with Gasteiger partial charge in [-0.05, 0) is 25.1 Å². The lowest BCUT2D eigenvalue weighted by Crippen LogP contribution is -2.41. The van der Waals surface area contributed by atoms with Crippen LogP contribution in [0.4, 0.5) is 8.78 Å². The highest BCUT2D eigenvalue weighted by Crippen LogP contribution is 2.25. The van der Waals surface area contributed by atoms with E-state index in [1.54, 1.807) is 0 Å². The van der Waals surface area contributed by atoms with Crippen molar-refractivity contribution < 1.29 is 27.8 Å². The SMILES string of the molecule is Cc1c(F)ccc(C=C2C(=O)OC(C)(C)OC2=O)c1F. The first-order chi connectivity index (χ1) is 9.21. The summed E-state index contributed by atoms with van der Waals surface area (Å²) in [6.07, 6.45) is 0.988. The summed E-state index contributed by atoms with van der Waals surface area (Å²) in [4.78, 5) is 23.4. The molecular weight excluding hydrogens is 270 g/mol. The van der Waals surface area contributed by atoms with Crippen LogP contribution in [0.25, 0.3) is 6.08 Å². The van der Waals surface area contributed by atoms with Gasteiger partial charge in [0.2, 0.25) is 0 Å². The number of halogens is 2. The third-order valence-corrected chi connectivity index (χ3v) is 2.77. The number of hydrogen-bond acceptors (Lipinski definition) is 4. The molecule has 1 aliphatic rings. The third kappa shape index (κ3) is 2.54. The van der Waals surface area contributed by atoms with Crippen LogP contribution in [-0.4, -0.2) is 17.7 Å². The van der Waals surface area contributed by atoms with E-state index in [0.29, 0.717) is 0 Å². The summed E-state index contributed by atoms with van der Waals surface area (Å²) in [5, 5.41) is 0. The molecule has 0 aromatic heterocycles. The Labute approximate surface area is 114 Å². The maximum atomic E-state index is 13.8. The van der Waals surface area contributed by atoms with E-state index in [1.807, 2.05) is 0 Å². The van der Waals surface area contributed by atoms with Crippen LogP contribution in [0, 0.1) is 18.6 Å². The lowest BCUT2D eigenvalue weighted by atomic mass is 10.1. The van der Waals surface area contributed by atoms with E-state index in [-0.39, 0.29) is 11.1 Å².